The number of oxazole rings is 1. The molecule has 0 radical (unpaired) electrons. The Kier molecular flexibility index (Phi) is 5.81. The fourth-order valence-corrected chi connectivity index (χ4v) is 4.39. The van der Waals surface area contributed by atoms with E-state index in [0.29, 0.717) is 41.9 Å². The van der Waals surface area contributed by atoms with Gasteiger partial charge in [-0.15, -0.1) is 0 Å². The van der Waals surface area contributed by atoms with Crippen LogP contribution in [0.3, 0.4) is 0 Å². The molecular weight excluding hydrogens is 442 g/mol. The average molecular weight is 466 g/mol. The van der Waals surface area contributed by atoms with Gasteiger partial charge in [0.15, 0.2) is 11.5 Å². The zero-order valence-electron chi connectivity index (χ0n) is 18.5. The molecule has 1 fully saturated rings. The van der Waals surface area contributed by atoms with Crippen molar-refractivity contribution < 1.29 is 18.5 Å². The van der Waals surface area contributed by atoms with Crippen molar-refractivity contribution in [2.75, 3.05) is 13.1 Å². The van der Waals surface area contributed by atoms with Crippen LogP contribution in [0.15, 0.2) is 51.4 Å². The van der Waals surface area contributed by atoms with Gasteiger partial charge in [0.1, 0.15) is 23.6 Å². The summed E-state index contributed by atoms with van der Waals surface area (Å²) in [5, 5.41) is 4.60. The third-order valence-electron chi connectivity index (χ3n) is 6.17. The third kappa shape index (κ3) is 4.33. The number of piperidine rings is 1. The zero-order valence-corrected chi connectivity index (χ0v) is 19.3. The van der Waals surface area contributed by atoms with Gasteiger partial charge in [0.05, 0.1) is 16.8 Å². The summed E-state index contributed by atoms with van der Waals surface area (Å²) in [7, 11) is 0. The predicted octanol–water partition coefficient (Wildman–Crippen LogP) is 5.68. The molecular formula is C25H24ClN3O4. The zero-order chi connectivity index (χ0) is 22.9. The minimum atomic E-state index is -0.0350. The molecule has 2 aromatic heterocycles. The van der Waals surface area contributed by atoms with Crippen LogP contribution in [0.25, 0.3) is 11.1 Å². The van der Waals surface area contributed by atoms with Crippen LogP contribution < -0.4 is 4.74 Å². The molecule has 1 amide bonds. The van der Waals surface area contributed by atoms with E-state index in [0.717, 1.165) is 41.0 Å². The van der Waals surface area contributed by atoms with Gasteiger partial charge in [0.25, 0.3) is 5.91 Å². The minimum absolute atomic E-state index is 0.0350. The largest absolute Gasteiger partial charge is 0.488 e. The number of rotatable bonds is 5. The first-order valence-corrected chi connectivity index (χ1v) is 11.4. The van der Waals surface area contributed by atoms with Crippen molar-refractivity contribution in [3.8, 4) is 5.75 Å². The van der Waals surface area contributed by atoms with Gasteiger partial charge in [-0.3, -0.25) is 4.79 Å². The normalized spacial score (nSPS) is 14.7. The molecule has 8 heteroatoms. The molecule has 170 valence electrons. The van der Waals surface area contributed by atoms with Gasteiger partial charge in [0.2, 0.25) is 0 Å². The smallest absolute Gasteiger partial charge is 0.257 e. The minimum Gasteiger partial charge on any atom is -0.488 e. The van der Waals surface area contributed by atoms with Crippen molar-refractivity contribution in [2.24, 2.45) is 0 Å². The molecule has 0 saturated carbocycles. The lowest BCUT2D eigenvalue weighted by Gasteiger charge is -2.31. The first-order chi connectivity index (χ1) is 16.0. The molecule has 1 saturated heterocycles. The molecule has 7 nitrogen and oxygen atoms in total. The second kappa shape index (κ2) is 8.90. The van der Waals surface area contributed by atoms with Crippen molar-refractivity contribution in [3.63, 3.8) is 0 Å². The summed E-state index contributed by atoms with van der Waals surface area (Å²) >= 11 is 6.06. The fraction of sp³-hybridized carbons (Fsp3) is 0.320. The Morgan fingerprint density at radius 1 is 1.18 bits per heavy atom. The predicted molar refractivity (Wildman–Crippen MR) is 124 cm³/mol. The van der Waals surface area contributed by atoms with Crippen molar-refractivity contribution >= 4 is 28.6 Å². The van der Waals surface area contributed by atoms with Gasteiger partial charge in [-0.2, -0.15) is 0 Å². The molecule has 5 rings (SSSR count). The van der Waals surface area contributed by atoms with Crippen molar-refractivity contribution in [2.45, 2.75) is 39.2 Å². The van der Waals surface area contributed by atoms with E-state index in [1.54, 1.807) is 6.07 Å². The number of ether oxygens (including phenoxy) is 1. The number of benzene rings is 2. The summed E-state index contributed by atoms with van der Waals surface area (Å²) in [5.74, 6) is 2.13. The molecule has 4 aromatic rings. The quantitative estimate of drug-likeness (QED) is 0.377. The second-order valence-electron chi connectivity index (χ2n) is 8.32. The molecule has 1 aliphatic heterocycles. The highest BCUT2D eigenvalue weighted by atomic mass is 35.5. The van der Waals surface area contributed by atoms with Gasteiger partial charge in [-0.25, -0.2) is 4.98 Å². The van der Waals surface area contributed by atoms with Crippen molar-refractivity contribution in [1.82, 2.24) is 15.0 Å². The molecule has 1 aliphatic rings. The molecule has 0 unspecified atom stereocenters. The summed E-state index contributed by atoms with van der Waals surface area (Å²) < 4.78 is 17.2. The molecule has 2 aromatic carbocycles. The Balaban J connectivity index is 1.26. The lowest BCUT2D eigenvalue weighted by molar-refractivity contribution is 0.0702. The van der Waals surface area contributed by atoms with Gasteiger partial charge in [-0.05, 0) is 57.0 Å². The van der Waals surface area contributed by atoms with E-state index in [9.17, 15) is 4.79 Å². The molecule has 33 heavy (non-hydrogen) atoms. The van der Waals surface area contributed by atoms with Crippen LogP contribution in [0.5, 0.6) is 5.75 Å². The Labute approximate surface area is 196 Å². The fourth-order valence-electron chi connectivity index (χ4n) is 4.22. The highest BCUT2D eigenvalue weighted by Crippen LogP contribution is 2.32. The molecule has 0 bridgehead atoms. The Morgan fingerprint density at radius 3 is 2.73 bits per heavy atom. The van der Waals surface area contributed by atoms with Crippen LogP contribution in [0.2, 0.25) is 5.02 Å². The summed E-state index contributed by atoms with van der Waals surface area (Å²) in [5.41, 5.74) is 3.74. The lowest BCUT2D eigenvalue weighted by atomic mass is 9.96. The van der Waals surface area contributed by atoms with E-state index >= 15 is 0 Å². The van der Waals surface area contributed by atoms with E-state index in [-0.39, 0.29) is 11.8 Å². The van der Waals surface area contributed by atoms with Gasteiger partial charge in [0, 0.05) is 24.0 Å². The molecule has 3 heterocycles. The van der Waals surface area contributed by atoms with E-state index in [4.69, 9.17) is 25.3 Å². The lowest BCUT2D eigenvalue weighted by Crippen LogP contribution is -2.38. The standard InChI is InChI=1S/C25H24ClN3O4/c1-15-20(16(2)33-28-15)14-31-22-6-4-3-5-19(22)25(30)29-11-9-17(10-12-29)24-27-21-13-18(26)7-8-23(21)32-24/h3-8,13,17H,9-12,14H2,1-2H3. The number of carbonyl (C=O) groups is 1. The van der Waals surface area contributed by atoms with Crippen LogP contribution in [-0.2, 0) is 6.61 Å². The molecule has 0 spiro atoms. The number of aryl methyl sites for hydroxylation is 2. The first kappa shape index (κ1) is 21.5. The summed E-state index contributed by atoms with van der Waals surface area (Å²) in [4.78, 5) is 19.8. The Hall–Kier alpha value is -3.32. The topological polar surface area (TPSA) is 81.6 Å². The number of hydrogen-bond donors (Lipinski definition) is 0. The SMILES string of the molecule is Cc1noc(C)c1COc1ccccc1C(=O)N1CCC(c2nc3cc(Cl)ccc3o2)CC1. The number of carbonyl (C=O) groups excluding carboxylic acids is 1. The van der Waals surface area contributed by atoms with E-state index < -0.39 is 0 Å². The maximum absolute atomic E-state index is 13.3. The van der Waals surface area contributed by atoms with E-state index in [1.807, 2.05) is 55.1 Å². The number of aromatic nitrogens is 2. The number of halogens is 1. The van der Waals surface area contributed by atoms with Crippen molar-refractivity contribution in [1.29, 1.82) is 0 Å². The van der Waals surface area contributed by atoms with Gasteiger partial charge < -0.3 is 18.6 Å². The van der Waals surface area contributed by atoms with Gasteiger partial charge >= 0.3 is 0 Å². The summed E-state index contributed by atoms with van der Waals surface area (Å²) in [6.07, 6.45) is 1.57. The van der Waals surface area contributed by atoms with Crippen LogP contribution >= 0.6 is 11.6 Å². The van der Waals surface area contributed by atoms with E-state index in [1.165, 1.54) is 0 Å². The summed E-state index contributed by atoms with van der Waals surface area (Å²) in [6, 6.07) is 12.8. The molecule has 0 atom stereocenters. The Bertz CT molecular complexity index is 1280. The number of fused-ring (bicyclic) bond motifs is 1. The highest BCUT2D eigenvalue weighted by molar-refractivity contribution is 6.31. The Morgan fingerprint density at radius 2 is 1.97 bits per heavy atom. The average Bonchev–Trinajstić information content (AvgIpc) is 3.40. The summed E-state index contributed by atoms with van der Waals surface area (Å²) in [6.45, 7) is 5.28. The number of likely N-dealkylation sites (tertiary alicyclic amines) is 1. The van der Waals surface area contributed by atoms with Crippen LogP contribution in [0, 0.1) is 13.8 Å². The first-order valence-electron chi connectivity index (χ1n) is 11.0. The third-order valence-corrected chi connectivity index (χ3v) is 6.40. The van der Waals surface area contributed by atoms with Gasteiger partial charge in [-0.1, -0.05) is 28.9 Å². The monoisotopic (exact) mass is 465 g/mol. The molecule has 0 N–H and O–H groups in total. The molecule has 0 aliphatic carbocycles. The maximum atomic E-state index is 13.3. The number of hydrogen-bond acceptors (Lipinski definition) is 6. The number of amides is 1. The second-order valence-corrected chi connectivity index (χ2v) is 8.75. The number of para-hydroxylation sites is 1. The highest BCUT2D eigenvalue weighted by Gasteiger charge is 2.29. The van der Waals surface area contributed by atoms with Crippen LogP contribution in [0.4, 0.5) is 0 Å². The van der Waals surface area contributed by atoms with Crippen LogP contribution in [0.1, 0.15) is 52.0 Å². The van der Waals surface area contributed by atoms with Crippen LogP contribution in [-0.4, -0.2) is 34.0 Å². The van der Waals surface area contributed by atoms with Crippen molar-refractivity contribution in [3.05, 3.63) is 76.0 Å². The van der Waals surface area contributed by atoms with E-state index in [2.05, 4.69) is 10.1 Å². The maximum Gasteiger partial charge on any atom is 0.257 e. The number of nitrogens with zero attached hydrogens (tertiary/aromatic N) is 3.